The first-order valence-corrected chi connectivity index (χ1v) is 6.70. The number of pyridine rings is 1. The molecule has 0 bridgehead atoms. The van der Waals surface area contributed by atoms with E-state index in [1.807, 2.05) is 18.6 Å². The van der Waals surface area contributed by atoms with Crippen molar-refractivity contribution in [3.63, 3.8) is 0 Å². The van der Waals surface area contributed by atoms with Crippen molar-refractivity contribution >= 4 is 0 Å². The van der Waals surface area contributed by atoms with Gasteiger partial charge in [-0.1, -0.05) is 0 Å². The fraction of sp³-hybridized carbons (Fsp3) is 0.400. The van der Waals surface area contributed by atoms with Crippen LogP contribution in [0.3, 0.4) is 0 Å². The molecule has 3 heteroatoms. The quantitative estimate of drug-likeness (QED) is 0.892. The lowest BCUT2D eigenvalue weighted by Gasteiger charge is -2.23. The van der Waals surface area contributed by atoms with Gasteiger partial charge in [-0.05, 0) is 55.6 Å². The maximum absolute atomic E-state index is 4.06. The molecule has 2 aromatic rings. The number of nitrogens with one attached hydrogen (secondary N) is 1. The Kier molecular flexibility index (Phi) is 3.42. The Hall–Kier alpha value is -1.61. The summed E-state index contributed by atoms with van der Waals surface area (Å²) < 4.78 is 0. The maximum atomic E-state index is 4.06. The molecule has 0 spiro atoms. The van der Waals surface area contributed by atoms with E-state index in [-0.39, 0.29) is 0 Å². The molecule has 0 aliphatic carbocycles. The maximum Gasteiger partial charge on any atom is 0.0498 e. The summed E-state index contributed by atoms with van der Waals surface area (Å²) in [6.07, 6.45) is 9.47. The van der Waals surface area contributed by atoms with Gasteiger partial charge < -0.3 is 4.98 Å². The fourth-order valence-electron chi connectivity index (χ4n) is 2.82. The fourth-order valence-corrected chi connectivity index (χ4v) is 2.82. The monoisotopic (exact) mass is 241 g/mol. The molecule has 94 valence electrons. The van der Waals surface area contributed by atoms with Gasteiger partial charge in [0.2, 0.25) is 0 Å². The van der Waals surface area contributed by atoms with E-state index in [2.05, 4.69) is 39.1 Å². The lowest BCUT2D eigenvalue weighted by molar-refractivity contribution is 0.257. The zero-order valence-corrected chi connectivity index (χ0v) is 10.5. The van der Waals surface area contributed by atoms with E-state index in [4.69, 9.17) is 0 Å². The van der Waals surface area contributed by atoms with E-state index in [0.717, 1.165) is 13.0 Å². The van der Waals surface area contributed by atoms with Crippen LogP contribution in [0.25, 0.3) is 0 Å². The first kappa shape index (κ1) is 11.5. The Bertz CT molecular complexity index is 464. The van der Waals surface area contributed by atoms with E-state index in [1.165, 1.54) is 30.6 Å². The molecule has 0 amide bonds. The molecule has 0 saturated carbocycles. The summed E-state index contributed by atoms with van der Waals surface area (Å²) in [6, 6.07) is 9.10. The van der Waals surface area contributed by atoms with Gasteiger partial charge in [-0.25, -0.2) is 0 Å². The number of aromatic amines is 1. The zero-order chi connectivity index (χ0) is 12.2. The van der Waals surface area contributed by atoms with Gasteiger partial charge in [0.15, 0.2) is 0 Å². The predicted molar refractivity (Wildman–Crippen MR) is 72.3 cm³/mol. The van der Waals surface area contributed by atoms with Gasteiger partial charge in [0, 0.05) is 36.9 Å². The molecule has 1 N–H and O–H groups in total. The molecular weight excluding hydrogens is 222 g/mol. The Labute approximate surface area is 108 Å². The Morgan fingerprint density at radius 2 is 2.17 bits per heavy atom. The van der Waals surface area contributed by atoms with Gasteiger partial charge in [0.25, 0.3) is 0 Å². The number of H-pyrrole nitrogens is 1. The van der Waals surface area contributed by atoms with Crippen LogP contribution in [0, 0.1) is 0 Å². The lowest BCUT2D eigenvalue weighted by Crippen LogP contribution is -2.25. The van der Waals surface area contributed by atoms with Crippen LogP contribution in [0.15, 0.2) is 42.9 Å². The molecule has 1 atom stereocenters. The second kappa shape index (κ2) is 5.36. The van der Waals surface area contributed by atoms with Crippen LogP contribution in [0.4, 0.5) is 0 Å². The van der Waals surface area contributed by atoms with Crippen LogP contribution in [-0.4, -0.2) is 28.0 Å². The first-order valence-electron chi connectivity index (χ1n) is 6.70. The summed E-state index contributed by atoms with van der Waals surface area (Å²) in [5.74, 6) is 0. The van der Waals surface area contributed by atoms with Gasteiger partial charge >= 0.3 is 0 Å². The van der Waals surface area contributed by atoms with Crippen molar-refractivity contribution in [3.8, 4) is 0 Å². The van der Waals surface area contributed by atoms with Crippen LogP contribution < -0.4 is 0 Å². The predicted octanol–water partition coefficient (Wildman–Crippen LogP) is 2.79. The Morgan fingerprint density at radius 1 is 1.28 bits per heavy atom. The van der Waals surface area contributed by atoms with Gasteiger partial charge in [-0.3, -0.25) is 9.88 Å². The molecule has 3 rings (SSSR count). The molecule has 1 aliphatic heterocycles. The first-order chi connectivity index (χ1) is 8.93. The van der Waals surface area contributed by atoms with Crippen molar-refractivity contribution in [2.75, 3.05) is 13.1 Å². The number of aromatic nitrogens is 2. The lowest BCUT2D eigenvalue weighted by atomic mass is 10.1. The number of rotatable bonds is 4. The smallest absolute Gasteiger partial charge is 0.0498 e. The number of hydrogen-bond donors (Lipinski definition) is 1. The number of nitrogens with zero attached hydrogens (tertiary/aromatic N) is 2. The highest BCUT2D eigenvalue weighted by Crippen LogP contribution is 2.30. The summed E-state index contributed by atoms with van der Waals surface area (Å²) in [6.45, 7) is 2.35. The average molecular weight is 241 g/mol. The zero-order valence-electron chi connectivity index (χ0n) is 10.5. The van der Waals surface area contributed by atoms with Crippen molar-refractivity contribution < 1.29 is 0 Å². The highest BCUT2D eigenvalue weighted by molar-refractivity contribution is 5.13. The normalized spacial score (nSPS) is 20.3. The molecule has 1 saturated heterocycles. The molecule has 1 fully saturated rings. The molecular formula is C15H19N3. The van der Waals surface area contributed by atoms with E-state index in [0.29, 0.717) is 6.04 Å². The summed E-state index contributed by atoms with van der Waals surface area (Å²) >= 11 is 0. The highest BCUT2D eigenvalue weighted by atomic mass is 15.2. The molecule has 3 heterocycles. The molecule has 0 aromatic carbocycles. The van der Waals surface area contributed by atoms with Crippen LogP contribution in [0.5, 0.6) is 0 Å². The topological polar surface area (TPSA) is 31.9 Å². The van der Waals surface area contributed by atoms with Crippen molar-refractivity contribution in [2.45, 2.75) is 25.3 Å². The SMILES string of the molecule is c1c[nH]c([C@@H]2CCCN2CCc2ccncc2)c1. The molecule has 2 aromatic heterocycles. The van der Waals surface area contributed by atoms with Crippen LogP contribution in [0.1, 0.15) is 30.1 Å². The van der Waals surface area contributed by atoms with E-state index < -0.39 is 0 Å². The Morgan fingerprint density at radius 3 is 2.94 bits per heavy atom. The summed E-state index contributed by atoms with van der Waals surface area (Å²) in [5, 5.41) is 0. The largest absolute Gasteiger partial charge is 0.364 e. The second-order valence-corrected chi connectivity index (χ2v) is 4.92. The molecule has 3 nitrogen and oxygen atoms in total. The third kappa shape index (κ3) is 2.46. The minimum Gasteiger partial charge on any atom is -0.364 e. The third-order valence-electron chi connectivity index (χ3n) is 3.78. The summed E-state index contributed by atoms with van der Waals surface area (Å²) in [5.41, 5.74) is 2.74. The summed E-state index contributed by atoms with van der Waals surface area (Å²) in [4.78, 5) is 10.0. The number of likely N-dealkylation sites (tertiary alicyclic amines) is 1. The van der Waals surface area contributed by atoms with Crippen LogP contribution >= 0.6 is 0 Å². The van der Waals surface area contributed by atoms with Crippen molar-refractivity contribution in [3.05, 3.63) is 54.1 Å². The van der Waals surface area contributed by atoms with Crippen LogP contribution in [-0.2, 0) is 6.42 Å². The van der Waals surface area contributed by atoms with Gasteiger partial charge in [-0.2, -0.15) is 0 Å². The molecule has 0 radical (unpaired) electrons. The van der Waals surface area contributed by atoms with Gasteiger partial charge in [0.05, 0.1) is 0 Å². The Balaban J connectivity index is 1.62. The van der Waals surface area contributed by atoms with E-state index in [9.17, 15) is 0 Å². The molecule has 1 aliphatic rings. The van der Waals surface area contributed by atoms with Gasteiger partial charge in [0.1, 0.15) is 0 Å². The standard InChI is InChI=1S/C15H19N3/c1-3-14(17-8-1)15-4-2-11-18(15)12-7-13-5-9-16-10-6-13/h1,3,5-6,8-10,15,17H,2,4,7,11-12H2/t15-/m0/s1. The van der Waals surface area contributed by atoms with Crippen molar-refractivity contribution in [1.29, 1.82) is 0 Å². The third-order valence-corrected chi connectivity index (χ3v) is 3.78. The minimum atomic E-state index is 0.585. The number of hydrogen-bond acceptors (Lipinski definition) is 2. The van der Waals surface area contributed by atoms with Crippen molar-refractivity contribution in [1.82, 2.24) is 14.9 Å². The second-order valence-electron chi connectivity index (χ2n) is 4.92. The van der Waals surface area contributed by atoms with Crippen LogP contribution in [0.2, 0.25) is 0 Å². The summed E-state index contributed by atoms with van der Waals surface area (Å²) in [7, 11) is 0. The van der Waals surface area contributed by atoms with E-state index >= 15 is 0 Å². The highest BCUT2D eigenvalue weighted by Gasteiger charge is 2.25. The van der Waals surface area contributed by atoms with Gasteiger partial charge in [-0.15, -0.1) is 0 Å². The average Bonchev–Trinajstić information content (AvgIpc) is 3.08. The molecule has 18 heavy (non-hydrogen) atoms. The molecule has 0 unspecified atom stereocenters. The van der Waals surface area contributed by atoms with E-state index in [1.54, 1.807) is 0 Å². The van der Waals surface area contributed by atoms with Crippen molar-refractivity contribution in [2.24, 2.45) is 0 Å². The minimum absolute atomic E-state index is 0.585.